The highest BCUT2D eigenvalue weighted by Gasteiger charge is 2.35. The van der Waals surface area contributed by atoms with Gasteiger partial charge in [-0.25, -0.2) is 0 Å². The van der Waals surface area contributed by atoms with E-state index in [0.29, 0.717) is 17.5 Å². The normalized spacial score (nSPS) is 26.1. The summed E-state index contributed by atoms with van der Waals surface area (Å²) in [5.41, 5.74) is 0.308. The van der Waals surface area contributed by atoms with Crippen LogP contribution in [-0.2, 0) is 4.74 Å². The summed E-state index contributed by atoms with van der Waals surface area (Å²) in [5, 5.41) is 3.64. The lowest BCUT2D eigenvalue weighted by Gasteiger charge is -2.43. The Morgan fingerprint density at radius 1 is 1.26 bits per heavy atom. The second kappa shape index (κ2) is 8.23. The van der Waals surface area contributed by atoms with Crippen molar-refractivity contribution in [2.75, 3.05) is 32.8 Å². The van der Waals surface area contributed by atoms with E-state index < -0.39 is 0 Å². The van der Waals surface area contributed by atoms with Crippen LogP contribution in [0.2, 0.25) is 0 Å². The van der Waals surface area contributed by atoms with Gasteiger partial charge in [-0.2, -0.15) is 0 Å². The molecular weight excluding hydrogens is 236 g/mol. The highest BCUT2D eigenvalue weighted by molar-refractivity contribution is 4.88. The lowest BCUT2D eigenvalue weighted by molar-refractivity contribution is -0.0320. The Kier molecular flexibility index (Phi) is 7.33. The number of nitrogens with zero attached hydrogens (tertiary/aromatic N) is 1. The van der Waals surface area contributed by atoms with Gasteiger partial charge in [0.15, 0.2) is 0 Å². The van der Waals surface area contributed by atoms with Gasteiger partial charge in [-0.05, 0) is 32.7 Å². The Hall–Kier alpha value is -0.120. The highest BCUT2D eigenvalue weighted by atomic mass is 16.5. The molecule has 0 aliphatic carbocycles. The molecule has 0 aromatic carbocycles. The third kappa shape index (κ3) is 5.41. The van der Waals surface area contributed by atoms with Crippen LogP contribution >= 0.6 is 0 Å². The molecule has 0 saturated carbocycles. The molecule has 19 heavy (non-hydrogen) atoms. The summed E-state index contributed by atoms with van der Waals surface area (Å²) in [6.07, 6.45) is 3.72. The number of nitrogens with one attached hydrogen (secondary N) is 1. The van der Waals surface area contributed by atoms with Crippen molar-refractivity contribution in [1.82, 2.24) is 10.2 Å². The zero-order chi connectivity index (χ0) is 14.3. The Bertz CT molecular complexity index is 237. The van der Waals surface area contributed by atoms with Crippen LogP contribution in [0.3, 0.4) is 0 Å². The lowest BCUT2D eigenvalue weighted by Crippen LogP contribution is -2.51. The third-order valence-electron chi connectivity index (χ3n) is 4.45. The third-order valence-corrected chi connectivity index (χ3v) is 4.45. The number of hydrogen-bond donors (Lipinski definition) is 1. The molecule has 1 saturated heterocycles. The molecule has 3 heteroatoms. The molecular formula is C16H34N2O. The first-order chi connectivity index (χ1) is 9.03. The molecule has 1 fully saturated rings. The van der Waals surface area contributed by atoms with E-state index in [9.17, 15) is 0 Å². The summed E-state index contributed by atoms with van der Waals surface area (Å²) in [6.45, 7) is 16.6. The number of ether oxygens (including phenoxy) is 1. The molecule has 2 atom stereocenters. The summed E-state index contributed by atoms with van der Waals surface area (Å²) >= 11 is 0. The standard InChI is InChI=1S/C16H34N2O/c1-6-15(5)18(7-2)12-16(11-17-14(3)4)9-8-10-19-13-16/h14-15,17H,6-13H2,1-5H3. The molecule has 0 spiro atoms. The lowest BCUT2D eigenvalue weighted by atomic mass is 9.81. The van der Waals surface area contributed by atoms with E-state index >= 15 is 0 Å². The van der Waals surface area contributed by atoms with E-state index in [0.717, 1.165) is 32.8 Å². The van der Waals surface area contributed by atoms with Gasteiger partial charge in [0.2, 0.25) is 0 Å². The van der Waals surface area contributed by atoms with Gasteiger partial charge in [-0.3, -0.25) is 0 Å². The van der Waals surface area contributed by atoms with Crippen molar-refractivity contribution in [3.05, 3.63) is 0 Å². The SMILES string of the molecule is CCC(C)N(CC)CC1(CNC(C)C)CCCOC1. The summed E-state index contributed by atoms with van der Waals surface area (Å²) in [4.78, 5) is 2.62. The smallest absolute Gasteiger partial charge is 0.0546 e. The average molecular weight is 270 g/mol. The molecule has 0 radical (unpaired) electrons. The molecule has 1 aliphatic heterocycles. The highest BCUT2D eigenvalue weighted by Crippen LogP contribution is 2.30. The van der Waals surface area contributed by atoms with Crippen LogP contribution in [0, 0.1) is 5.41 Å². The van der Waals surface area contributed by atoms with E-state index in [1.54, 1.807) is 0 Å². The molecule has 0 aromatic rings. The van der Waals surface area contributed by atoms with E-state index in [-0.39, 0.29) is 0 Å². The van der Waals surface area contributed by atoms with Crippen LogP contribution in [0.4, 0.5) is 0 Å². The first kappa shape index (κ1) is 16.9. The Morgan fingerprint density at radius 2 is 2.00 bits per heavy atom. The quantitative estimate of drug-likeness (QED) is 0.734. The fourth-order valence-corrected chi connectivity index (χ4v) is 2.92. The van der Waals surface area contributed by atoms with Crippen molar-refractivity contribution in [1.29, 1.82) is 0 Å². The maximum absolute atomic E-state index is 5.81. The van der Waals surface area contributed by atoms with Crippen molar-refractivity contribution in [3.63, 3.8) is 0 Å². The second-order valence-electron chi connectivity index (χ2n) is 6.51. The summed E-state index contributed by atoms with van der Waals surface area (Å²) in [7, 11) is 0. The zero-order valence-electron chi connectivity index (χ0n) is 13.7. The summed E-state index contributed by atoms with van der Waals surface area (Å²) in [6, 6.07) is 1.22. The molecule has 114 valence electrons. The van der Waals surface area contributed by atoms with E-state index in [1.807, 2.05) is 0 Å². The zero-order valence-corrected chi connectivity index (χ0v) is 13.7. The van der Waals surface area contributed by atoms with Crippen LogP contribution in [0.1, 0.15) is 53.9 Å². The fourth-order valence-electron chi connectivity index (χ4n) is 2.92. The minimum atomic E-state index is 0.308. The average Bonchev–Trinajstić information content (AvgIpc) is 2.43. The van der Waals surface area contributed by atoms with Gasteiger partial charge >= 0.3 is 0 Å². The van der Waals surface area contributed by atoms with Gasteiger partial charge in [0.1, 0.15) is 0 Å². The van der Waals surface area contributed by atoms with E-state index in [1.165, 1.54) is 19.3 Å². The monoisotopic (exact) mass is 270 g/mol. The molecule has 1 N–H and O–H groups in total. The van der Waals surface area contributed by atoms with Gasteiger partial charge < -0.3 is 15.0 Å². The van der Waals surface area contributed by atoms with Gasteiger partial charge in [0, 0.05) is 37.2 Å². The van der Waals surface area contributed by atoms with Crippen LogP contribution in [0.5, 0.6) is 0 Å². The molecule has 0 bridgehead atoms. The van der Waals surface area contributed by atoms with E-state index in [2.05, 4.69) is 44.8 Å². The second-order valence-corrected chi connectivity index (χ2v) is 6.51. The Balaban J connectivity index is 2.66. The van der Waals surface area contributed by atoms with Crippen LogP contribution in [0.15, 0.2) is 0 Å². The van der Waals surface area contributed by atoms with Crippen LogP contribution < -0.4 is 5.32 Å². The minimum absolute atomic E-state index is 0.308. The first-order valence-electron chi connectivity index (χ1n) is 8.08. The Labute approximate surface area is 120 Å². The summed E-state index contributed by atoms with van der Waals surface area (Å²) < 4.78 is 5.81. The molecule has 0 amide bonds. The molecule has 1 rings (SSSR count). The van der Waals surface area contributed by atoms with Crippen molar-refractivity contribution >= 4 is 0 Å². The van der Waals surface area contributed by atoms with Crippen molar-refractivity contribution in [2.45, 2.75) is 66.0 Å². The fraction of sp³-hybridized carbons (Fsp3) is 1.00. The summed E-state index contributed by atoms with van der Waals surface area (Å²) in [5.74, 6) is 0. The molecule has 2 unspecified atom stereocenters. The topological polar surface area (TPSA) is 24.5 Å². The maximum Gasteiger partial charge on any atom is 0.0546 e. The Morgan fingerprint density at radius 3 is 2.47 bits per heavy atom. The first-order valence-corrected chi connectivity index (χ1v) is 8.08. The molecule has 1 aliphatic rings. The molecule has 0 aromatic heterocycles. The van der Waals surface area contributed by atoms with Gasteiger partial charge in [-0.1, -0.05) is 27.7 Å². The van der Waals surface area contributed by atoms with Crippen molar-refractivity contribution < 1.29 is 4.74 Å². The molecule has 1 heterocycles. The maximum atomic E-state index is 5.81. The van der Waals surface area contributed by atoms with Gasteiger partial charge in [0.05, 0.1) is 6.61 Å². The predicted molar refractivity (Wildman–Crippen MR) is 82.6 cm³/mol. The number of hydrogen-bond acceptors (Lipinski definition) is 3. The van der Waals surface area contributed by atoms with Crippen LogP contribution in [0.25, 0.3) is 0 Å². The van der Waals surface area contributed by atoms with Gasteiger partial charge in [0.25, 0.3) is 0 Å². The minimum Gasteiger partial charge on any atom is -0.381 e. The van der Waals surface area contributed by atoms with Crippen molar-refractivity contribution in [2.24, 2.45) is 5.41 Å². The predicted octanol–water partition coefficient (Wildman–Crippen LogP) is 2.90. The largest absolute Gasteiger partial charge is 0.381 e. The molecule has 3 nitrogen and oxygen atoms in total. The van der Waals surface area contributed by atoms with Gasteiger partial charge in [-0.15, -0.1) is 0 Å². The number of rotatable bonds is 8. The van der Waals surface area contributed by atoms with E-state index in [4.69, 9.17) is 4.74 Å². The van der Waals surface area contributed by atoms with Crippen molar-refractivity contribution in [3.8, 4) is 0 Å². The van der Waals surface area contributed by atoms with Crippen LogP contribution in [-0.4, -0.2) is 49.8 Å².